The largest absolute Gasteiger partial charge is 0.507 e. The summed E-state index contributed by atoms with van der Waals surface area (Å²) in [5.74, 6) is -0.463. The number of nitrogens with zero attached hydrogens (tertiary/aromatic N) is 3. The number of nitrogens with one attached hydrogen (secondary N) is 1. The lowest BCUT2D eigenvalue weighted by atomic mass is 10.1. The summed E-state index contributed by atoms with van der Waals surface area (Å²) in [4.78, 5) is 15.6. The summed E-state index contributed by atoms with van der Waals surface area (Å²) in [6, 6.07) is 4.77. The van der Waals surface area contributed by atoms with E-state index >= 15 is 0 Å². The van der Waals surface area contributed by atoms with Crippen molar-refractivity contribution in [1.29, 1.82) is 0 Å². The standard InChI is InChI=1S/C11H10N4O2/c1-7-2-3-9(16)8(6-7)10(17)14-11-12-4-5-13-15-11/h2-6,16H,1H3,(H,12,14,15,17). The van der Waals surface area contributed by atoms with Crippen molar-refractivity contribution < 1.29 is 9.90 Å². The SMILES string of the molecule is Cc1ccc(O)c(C(=O)Nc2nccnn2)c1. The minimum Gasteiger partial charge on any atom is -0.507 e. The van der Waals surface area contributed by atoms with Crippen molar-refractivity contribution in [3.05, 3.63) is 41.7 Å². The quantitative estimate of drug-likeness (QED) is 0.807. The fraction of sp³-hybridized carbons (Fsp3) is 0.0909. The molecule has 0 bridgehead atoms. The second-order valence-electron chi connectivity index (χ2n) is 3.44. The van der Waals surface area contributed by atoms with E-state index in [1.54, 1.807) is 12.1 Å². The van der Waals surface area contributed by atoms with Gasteiger partial charge in [-0.15, -0.1) is 5.10 Å². The van der Waals surface area contributed by atoms with E-state index in [1.807, 2.05) is 6.92 Å². The van der Waals surface area contributed by atoms with E-state index in [0.29, 0.717) is 0 Å². The monoisotopic (exact) mass is 230 g/mol. The number of phenols is 1. The van der Waals surface area contributed by atoms with Gasteiger partial charge in [0.05, 0.1) is 18.0 Å². The van der Waals surface area contributed by atoms with Crippen molar-refractivity contribution >= 4 is 11.9 Å². The van der Waals surface area contributed by atoms with Crippen molar-refractivity contribution in [2.75, 3.05) is 5.32 Å². The zero-order valence-corrected chi connectivity index (χ0v) is 9.08. The number of aromatic hydroxyl groups is 1. The summed E-state index contributed by atoms with van der Waals surface area (Å²) >= 11 is 0. The Morgan fingerprint density at radius 1 is 1.35 bits per heavy atom. The molecule has 0 saturated heterocycles. The van der Waals surface area contributed by atoms with Gasteiger partial charge in [0.2, 0.25) is 5.95 Å². The summed E-state index contributed by atoms with van der Waals surface area (Å²) in [5.41, 5.74) is 1.05. The van der Waals surface area contributed by atoms with Crippen LogP contribution in [0.2, 0.25) is 0 Å². The number of amides is 1. The molecule has 1 aromatic carbocycles. The van der Waals surface area contributed by atoms with Crippen LogP contribution in [0.5, 0.6) is 5.75 Å². The van der Waals surface area contributed by atoms with Crippen LogP contribution in [0.4, 0.5) is 5.95 Å². The first kappa shape index (κ1) is 11.0. The van der Waals surface area contributed by atoms with Crippen molar-refractivity contribution in [1.82, 2.24) is 15.2 Å². The van der Waals surface area contributed by atoms with Crippen LogP contribution in [0.1, 0.15) is 15.9 Å². The molecule has 2 N–H and O–H groups in total. The van der Waals surface area contributed by atoms with Gasteiger partial charge in [-0.3, -0.25) is 10.1 Å². The highest BCUT2D eigenvalue weighted by Crippen LogP contribution is 2.18. The maximum atomic E-state index is 11.8. The van der Waals surface area contributed by atoms with Gasteiger partial charge in [-0.2, -0.15) is 5.10 Å². The Morgan fingerprint density at radius 3 is 2.88 bits per heavy atom. The van der Waals surface area contributed by atoms with Crippen molar-refractivity contribution in [3.8, 4) is 5.75 Å². The molecule has 0 spiro atoms. The van der Waals surface area contributed by atoms with Crippen LogP contribution in [0, 0.1) is 6.92 Å². The van der Waals surface area contributed by atoms with Crippen LogP contribution in [-0.4, -0.2) is 26.2 Å². The van der Waals surface area contributed by atoms with Gasteiger partial charge in [0.1, 0.15) is 5.75 Å². The van der Waals surface area contributed by atoms with E-state index in [2.05, 4.69) is 20.5 Å². The molecule has 0 fully saturated rings. The second-order valence-corrected chi connectivity index (χ2v) is 3.44. The number of aromatic nitrogens is 3. The lowest BCUT2D eigenvalue weighted by Gasteiger charge is -2.05. The summed E-state index contributed by atoms with van der Waals surface area (Å²) < 4.78 is 0. The molecule has 1 amide bonds. The molecule has 2 aromatic rings. The maximum Gasteiger partial charge on any atom is 0.261 e. The van der Waals surface area contributed by atoms with E-state index in [-0.39, 0.29) is 17.3 Å². The van der Waals surface area contributed by atoms with E-state index in [0.717, 1.165) is 5.56 Å². The summed E-state index contributed by atoms with van der Waals surface area (Å²) in [6.07, 6.45) is 2.82. The first-order chi connectivity index (χ1) is 8.16. The third kappa shape index (κ3) is 2.54. The Bertz CT molecular complexity index is 542. The molecule has 1 aromatic heterocycles. The Kier molecular flexibility index (Phi) is 2.95. The topological polar surface area (TPSA) is 88.0 Å². The van der Waals surface area contributed by atoms with E-state index in [1.165, 1.54) is 18.5 Å². The van der Waals surface area contributed by atoms with E-state index < -0.39 is 5.91 Å². The molecule has 0 radical (unpaired) electrons. The number of carbonyl (C=O) groups is 1. The summed E-state index contributed by atoms with van der Waals surface area (Å²) in [6.45, 7) is 1.83. The molecule has 6 heteroatoms. The Balaban J connectivity index is 2.23. The number of hydrogen-bond acceptors (Lipinski definition) is 5. The fourth-order valence-corrected chi connectivity index (χ4v) is 1.31. The summed E-state index contributed by atoms with van der Waals surface area (Å²) in [5, 5.41) is 19.2. The zero-order chi connectivity index (χ0) is 12.3. The number of hydrogen-bond donors (Lipinski definition) is 2. The number of aryl methyl sites for hydroxylation is 1. The third-order valence-corrected chi connectivity index (χ3v) is 2.10. The highest BCUT2D eigenvalue weighted by atomic mass is 16.3. The smallest absolute Gasteiger partial charge is 0.261 e. The molecular weight excluding hydrogens is 220 g/mol. The lowest BCUT2D eigenvalue weighted by molar-refractivity contribution is 0.102. The predicted molar refractivity (Wildman–Crippen MR) is 60.6 cm³/mol. The van der Waals surface area contributed by atoms with Crippen LogP contribution in [0.25, 0.3) is 0 Å². The molecule has 0 unspecified atom stereocenters. The zero-order valence-electron chi connectivity index (χ0n) is 9.08. The van der Waals surface area contributed by atoms with Gasteiger partial charge < -0.3 is 5.11 Å². The van der Waals surface area contributed by atoms with Gasteiger partial charge in [-0.05, 0) is 19.1 Å². The highest BCUT2D eigenvalue weighted by Gasteiger charge is 2.12. The van der Waals surface area contributed by atoms with Crippen LogP contribution in [0.15, 0.2) is 30.6 Å². The minimum atomic E-state index is -0.473. The minimum absolute atomic E-state index is 0.0861. The van der Waals surface area contributed by atoms with Gasteiger partial charge in [-0.25, -0.2) is 4.98 Å². The molecule has 17 heavy (non-hydrogen) atoms. The predicted octanol–water partition coefficient (Wildman–Crippen LogP) is 1.14. The van der Waals surface area contributed by atoms with Gasteiger partial charge in [0.15, 0.2) is 0 Å². The number of carbonyl (C=O) groups excluding carboxylic acids is 1. The first-order valence-electron chi connectivity index (χ1n) is 4.91. The number of rotatable bonds is 2. The molecule has 0 atom stereocenters. The van der Waals surface area contributed by atoms with Crippen LogP contribution < -0.4 is 5.32 Å². The van der Waals surface area contributed by atoms with Gasteiger partial charge in [-0.1, -0.05) is 11.6 Å². The summed E-state index contributed by atoms with van der Waals surface area (Å²) in [7, 11) is 0. The molecule has 1 heterocycles. The first-order valence-corrected chi connectivity index (χ1v) is 4.91. The molecule has 0 saturated carbocycles. The van der Waals surface area contributed by atoms with E-state index in [4.69, 9.17) is 0 Å². The van der Waals surface area contributed by atoms with E-state index in [9.17, 15) is 9.90 Å². The normalized spacial score (nSPS) is 9.94. The van der Waals surface area contributed by atoms with Gasteiger partial charge in [0.25, 0.3) is 5.91 Å². The van der Waals surface area contributed by atoms with Crippen LogP contribution in [-0.2, 0) is 0 Å². The maximum absolute atomic E-state index is 11.8. The van der Waals surface area contributed by atoms with Gasteiger partial charge in [0, 0.05) is 0 Å². The molecule has 2 rings (SSSR count). The fourth-order valence-electron chi connectivity index (χ4n) is 1.31. The third-order valence-electron chi connectivity index (χ3n) is 2.10. The Morgan fingerprint density at radius 2 is 2.18 bits per heavy atom. The average Bonchev–Trinajstić information content (AvgIpc) is 2.33. The number of benzene rings is 1. The molecule has 0 aliphatic carbocycles. The Labute approximate surface area is 97.4 Å². The number of anilines is 1. The van der Waals surface area contributed by atoms with Crippen molar-refractivity contribution in [2.45, 2.75) is 6.92 Å². The number of phenolic OH excluding ortho intramolecular Hbond substituents is 1. The van der Waals surface area contributed by atoms with Crippen molar-refractivity contribution in [3.63, 3.8) is 0 Å². The molecule has 0 aliphatic rings. The van der Waals surface area contributed by atoms with Crippen molar-refractivity contribution in [2.24, 2.45) is 0 Å². The molecule has 0 aliphatic heterocycles. The second kappa shape index (κ2) is 4.56. The molecule has 6 nitrogen and oxygen atoms in total. The average molecular weight is 230 g/mol. The Hall–Kier alpha value is -2.50. The highest BCUT2D eigenvalue weighted by molar-refractivity contribution is 6.05. The van der Waals surface area contributed by atoms with Gasteiger partial charge >= 0.3 is 0 Å². The molecule has 86 valence electrons. The van der Waals surface area contributed by atoms with Crippen LogP contribution >= 0.6 is 0 Å². The molecular formula is C11H10N4O2. The van der Waals surface area contributed by atoms with Crippen LogP contribution in [0.3, 0.4) is 0 Å². The lowest BCUT2D eigenvalue weighted by Crippen LogP contribution is -2.14.